The summed E-state index contributed by atoms with van der Waals surface area (Å²) in [5.74, 6) is -1.02. The molecule has 1 unspecified atom stereocenters. The standard InChI is InChI=1S/C32H27ClFNO6/c1-39-29-12-10-19(14-20(29)17-40-30-13-11-21(34)16-27(30)33)15-28(31(36)37)35-32(38)41-18-26-24-8-4-2-6-22(24)23-7-3-5-9-25(23)26/h2-14,16,26,28H,15,17-18H2,1H3,(H,35,38)(H,36,37). The van der Waals surface area contributed by atoms with Crippen LogP contribution in [0.25, 0.3) is 11.1 Å². The lowest BCUT2D eigenvalue weighted by Crippen LogP contribution is -2.42. The van der Waals surface area contributed by atoms with Gasteiger partial charge in [-0.05, 0) is 58.1 Å². The van der Waals surface area contributed by atoms with E-state index in [4.69, 9.17) is 25.8 Å². The van der Waals surface area contributed by atoms with Gasteiger partial charge in [0.2, 0.25) is 0 Å². The Hall–Kier alpha value is -4.56. The van der Waals surface area contributed by atoms with Gasteiger partial charge in [-0.15, -0.1) is 0 Å². The van der Waals surface area contributed by atoms with Crippen molar-refractivity contribution in [3.05, 3.63) is 118 Å². The molecule has 9 heteroatoms. The number of hydrogen-bond donors (Lipinski definition) is 2. The number of fused-ring (bicyclic) bond motifs is 3. The summed E-state index contributed by atoms with van der Waals surface area (Å²) in [6.07, 6.45) is -0.823. The highest BCUT2D eigenvalue weighted by atomic mass is 35.5. The second kappa shape index (κ2) is 12.3. The van der Waals surface area contributed by atoms with Gasteiger partial charge in [0, 0.05) is 17.9 Å². The third-order valence-corrected chi connectivity index (χ3v) is 7.29. The van der Waals surface area contributed by atoms with E-state index in [1.165, 1.54) is 19.2 Å². The van der Waals surface area contributed by atoms with Gasteiger partial charge in [-0.3, -0.25) is 0 Å². The van der Waals surface area contributed by atoms with E-state index in [1.54, 1.807) is 18.2 Å². The smallest absolute Gasteiger partial charge is 0.407 e. The number of methoxy groups -OCH3 is 1. The maximum absolute atomic E-state index is 13.4. The average molecular weight is 576 g/mol. The summed E-state index contributed by atoms with van der Waals surface area (Å²) in [4.78, 5) is 24.8. The molecule has 0 saturated heterocycles. The monoisotopic (exact) mass is 575 g/mol. The molecule has 0 bridgehead atoms. The summed E-state index contributed by atoms with van der Waals surface area (Å²) >= 11 is 6.06. The molecule has 1 amide bonds. The molecule has 7 nitrogen and oxygen atoms in total. The Balaban J connectivity index is 1.24. The molecule has 1 aliphatic rings. The number of aliphatic carboxylic acids is 1. The van der Waals surface area contributed by atoms with Gasteiger partial charge in [-0.1, -0.05) is 66.2 Å². The summed E-state index contributed by atoms with van der Waals surface area (Å²) in [6, 6.07) is 23.6. The van der Waals surface area contributed by atoms with Crippen LogP contribution in [0.1, 0.15) is 28.2 Å². The van der Waals surface area contributed by atoms with E-state index in [0.717, 1.165) is 28.3 Å². The van der Waals surface area contributed by atoms with Crippen molar-refractivity contribution in [3.8, 4) is 22.6 Å². The Morgan fingerprint density at radius 1 is 0.951 bits per heavy atom. The minimum atomic E-state index is -1.24. The van der Waals surface area contributed by atoms with E-state index >= 15 is 0 Å². The van der Waals surface area contributed by atoms with Crippen molar-refractivity contribution in [1.29, 1.82) is 0 Å². The Labute approximate surface area is 241 Å². The molecule has 4 aromatic rings. The minimum Gasteiger partial charge on any atom is -0.496 e. The zero-order valence-electron chi connectivity index (χ0n) is 22.1. The minimum absolute atomic E-state index is 0.00612. The van der Waals surface area contributed by atoms with Crippen LogP contribution in [0.15, 0.2) is 84.9 Å². The molecule has 1 atom stereocenters. The summed E-state index contributed by atoms with van der Waals surface area (Å²) in [7, 11) is 1.50. The van der Waals surface area contributed by atoms with Crippen LogP contribution in [0.2, 0.25) is 5.02 Å². The summed E-state index contributed by atoms with van der Waals surface area (Å²) in [5.41, 5.74) is 5.57. The molecule has 41 heavy (non-hydrogen) atoms. The molecular formula is C32H27ClFNO6. The van der Waals surface area contributed by atoms with Gasteiger partial charge in [0.1, 0.15) is 36.6 Å². The molecule has 210 valence electrons. The fourth-order valence-corrected chi connectivity index (χ4v) is 5.26. The molecule has 0 spiro atoms. The molecular weight excluding hydrogens is 549 g/mol. The average Bonchev–Trinajstić information content (AvgIpc) is 3.29. The first-order chi connectivity index (χ1) is 19.8. The van der Waals surface area contributed by atoms with Crippen LogP contribution in [-0.2, 0) is 22.6 Å². The fraction of sp³-hybridized carbons (Fsp3) is 0.188. The quantitative estimate of drug-likeness (QED) is 0.221. The number of rotatable bonds is 10. The number of carboxylic acid groups (broad SMARTS) is 1. The number of carbonyl (C=O) groups is 2. The van der Waals surface area contributed by atoms with Crippen LogP contribution in [0, 0.1) is 5.82 Å². The number of nitrogens with one attached hydrogen (secondary N) is 1. The van der Waals surface area contributed by atoms with E-state index in [9.17, 15) is 19.1 Å². The highest BCUT2D eigenvalue weighted by molar-refractivity contribution is 6.32. The van der Waals surface area contributed by atoms with E-state index in [-0.39, 0.29) is 30.6 Å². The first-order valence-electron chi connectivity index (χ1n) is 12.9. The molecule has 0 radical (unpaired) electrons. The summed E-state index contributed by atoms with van der Waals surface area (Å²) in [6.45, 7) is 0.113. The van der Waals surface area contributed by atoms with Gasteiger partial charge >= 0.3 is 12.1 Å². The molecule has 1 aliphatic carbocycles. The van der Waals surface area contributed by atoms with Crippen LogP contribution < -0.4 is 14.8 Å². The largest absolute Gasteiger partial charge is 0.496 e. The van der Waals surface area contributed by atoms with Crippen molar-refractivity contribution in [2.75, 3.05) is 13.7 Å². The fourth-order valence-electron chi connectivity index (χ4n) is 5.04. The van der Waals surface area contributed by atoms with Crippen LogP contribution in [0.3, 0.4) is 0 Å². The maximum Gasteiger partial charge on any atom is 0.407 e. The predicted octanol–water partition coefficient (Wildman–Crippen LogP) is 6.60. The first kappa shape index (κ1) is 28.0. The lowest BCUT2D eigenvalue weighted by molar-refractivity contribution is -0.139. The van der Waals surface area contributed by atoms with Gasteiger partial charge in [0.25, 0.3) is 0 Å². The topological polar surface area (TPSA) is 94.1 Å². The molecule has 4 aromatic carbocycles. The van der Waals surface area contributed by atoms with Crippen molar-refractivity contribution in [2.24, 2.45) is 0 Å². The van der Waals surface area contributed by atoms with Crippen molar-refractivity contribution in [2.45, 2.75) is 25.0 Å². The highest BCUT2D eigenvalue weighted by Crippen LogP contribution is 2.44. The normalized spacial score (nSPS) is 12.7. The molecule has 0 heterocycles. The zero-order chi connectivity index (χ0) is 28.9. The highest BCUT2D eigenvalue weighted by Gasteiger charge is 2.30. The van der Waals surface area contributed by atoms with Gasteiger partial charge < -0.3 is 24.6 Å². The lowest BCUT2D eigenvalue weighted by atomic mass is 9.98. The molecule has 0 fully saturated rings. The van der Waals surface area contributed by atoms with Crippen molar-refractivity contribution in [1.82, 2.24) is 5.32 Å². The number of alkyl carbamates (subject to hydrolysis) is 1. The van der Waals surface area contributed by atoms with Crippen LogP contribution in [-0.4, -0.2) is 36.9 Å². The Morgan fingerprint density at radius 3 is 2.24 bits per heavy atom. The second-order valence-corrected chi connectivity index (χ2v) is 9.98. The van der Waals surface area contributed by atoms with Crippen LogP contribution in [0.4, 0.5) is 9.18 Å². The summed E-state index contributed by atoms with van der Waals surface area (Å²) in [5, 5.41) is 12.4. The SMILES string of the molecule is COc1ccc(CC(NC(=O)OCC2c3ccccc3-c3ccccc32)C(=O)O)cc1COc1ccc(F)cc1Cl. The number of amides is 1. The van der Waals surface area contributed by atoms with Crippen LogP contribution in [0.5, 0.6) is 11.5 Å². The number of ether oxygens (including phenoxy) is 3. The van der Waals surface area contributed by atoms with Crippen molar-refractivity contribution in [3.63, 3.8) is 0 Å². The number of halogens is 2. The van der Waals surface area contributed by atoms with E-state index < -0.39 is 23.9 Å². The Bertz CT molecular complexity index is 1550. The van der Waals surface area contributed by atoms with E-state index in [2.05, 4.69) is 5.32 Å². The summed E-state index contributed by atoms with van der Waals surface area (Å²) < 4.78 is 30.0. The van der Waals surface area contributed by atoms with Gasteiger partial charge in [-0.2, -0.15) is 0 Å². The van der Waals surface area contributed by atoms with Crippen molar-refractivity contribution >= 4 is 23.7 Å². The van der Waals surface area contributed by atoms with Crippen LogP contribution >= 0.6 is 11.6 Å². The second-order valence-electron chi connectivity index (χ2n) is 9.57. The van der Waals surface area contributed by atoms with E-state index in [0.29, 0.717) is 22.6 Å². The van der Waals surface area contributed by atoms with Gasteiger partial charge in [0.15, 0.2) is 0 Å². The van der Waals surface area contributed by atoms with Gasteiger partial charge in [0.05, 0.1) is 12.1 Å². The third kappa shape index (κ3) is 6.28. The van der Waals surface area contributed by atoms with Crippen molar-refractivity contribution < 1.29 is 33.3 Å². The van der Waals surface area contributed by atoms with E-state index in [1.807, 2.05) is 48.5 Å². The Kier molecular flexibility index (Phi) is 8.40. The predicted molar refractivity (Wildman–Crippen MR) is 152 cm³/mol. The molecule has 0 aliphatic heterocycles. The number of benzene rings is 4. The number of carbonyl (C=O) groups excluding carboxylic acids is 1. The number of carboxylic acids is 1. The number of hydrogen-bond acceptors (Lipinski definition) is 5. The maximum atomic E-state index is 13.4. The molecule has 0 saturated carbocycles. The molecule has 2 N–H and O–H groups in total. The van der Waals surface area contributed by atoms with Gasteiger partial charge in [-0.25, -0.2) is 14.0 Å². The zero-order valence-corrected chi connectivity index (χ0v) is 22.9. The lowest BCUT2D eigenvalue weighted by Gasteiger charge is -2.18. The first-order valence-corrected chi connectivity index (χ1v) is 13.3. The molecule has 5 rings (SSSR count). The third-order valence-electron chi connectivity index (χ3n) is 7.00. The molecule has 0 aromatic heterocycles. The Morgan fingerprint density at radius 2 is 1.61 bits per heavy atom.